The van der Waals surface area contributed by atoms with Crippen LogP contribution in [0, 0.1) is 0 Å². The van der Waals surface area contributed by atoms with Crippen molar-refractivity contribution < 1.29 is 14.3 Å². The second-order valence-corrected chi connectivity index (χ2v) is 4.99. The molecule has 0 aliphatic carbocycles. The summed E-state index contributed by atoms with van der Waals surface area (Å²) in [5, 5.41) is 8.71. The van der Waals surface area contributed by atoms with Crippen LogP contribution >= 0.6 is 12.4 Å². The molecule has 0 saturated carbocycles. The van der Waals surface area contributed by atoms with Crippen LogP contribution in [0.25, 0.3) is 0 Å². The maximum atomic E-state index is 11.8. The molecule has 1 heterocycles. The number of carbonyl (C=O) groups is 2. The summed E-state index contributed by atoms with van der Waals surface area (Å²) in [6.45, 7) is 1.46. The Bertz CT molecular complexity index is 523. The third kappa shape index (κ3) is 5.63. The molecule has 0 atom stereocenters. The van der Waals surface area contributed by atoms with Crippen molar-refractivity contribution in [3.05, 3.63) is 23.8 Å². The lowest BCUT2D eigenvalue weighted by Gasteiger charge is -2.11. The summed E-state index contributed by atoms with van der Waals surface area (Å²) in [6.07, 6.45) is 2.21. The highest BCUT2D eigenvalue weighted by molar-refractivity contribution is 5.95. The first-order chi connectivity index (χ1) is 10.2. The zero-order valence-corrected chi connectivity index (χ0v) is 13.4. The van der Waals surface area contributed by atoms with Crippen molar-refractivity contribution in [1.82, 2.24) is 5.32 Å². The van der Waals surface area contributed by atoms with Gasteiger partial charge in [-0.25, -0.2) is 0 Å². The van der Waals surface area contributed by atoms with Crippen LogP contribution in [0.15, 0.2) is 18.2 Å². The molecule has 22 heavy (non-hydrogen) atoms. The normalized spacial score (nSPS) is 13.4. The predicted molar refractivity (Wildman–Crippen MR) is 88.6 cm³/mol. The van der Waals surface area contributed by atoms with E-state index in [-0.39, 0.29) is 30.8 Å². The fourth-order valence-electron chi connectivity index (χ4n) is 2.23. The van der Waals surface area contributed by atoms with E-state index in [1.807, 2.05) is 12.1 Å². The summed E-state index contributed by atoms with van der Waals surface area (Å²) in [5.74, 6) is -0.0448. The van der Waals surface area contributed by atoms with E-state index in [0.29, 0.717) is 19.6 Å². The lowest BCUT2D eigenvalue weighted by atomic mass is 10.1. The highest BCUT2D eigenvalue weighted by Crippen LogP contribution is 2.25. The zero-order chi connectivity index (χ0) is 15.1. The Balaban J connectivity index is 0.00000242. The van der Waals surface area contributed by atoms with Crippen LogP contribution in [0.1, 0.15) is 18.4 Å². The Morgan fingerprint density at radius 2 is 2.18 bits per heavy atom. The standard InChI is InChI=1S/C15H21N3O3.ClH/c1-21-8-7-16-10-15(20)17-12-5-6-13-11(9-12)3-2-4-14(19)18-13;/h5-6,9,16H,2-4,7-8,10H2,1H3,(H,17,20)(H,18,19);1H. The van der Waals surface area contributed by atoms with Gasteiger partial charge in [-0.1, -0.05) is 0 Å². The minimum absolute atomic E-state index is 0. The van der Waals surface area contributed by atoms with Gasteiger partial charge in [0.05, 0.1) is 13.2 Å². The molecular formula is C15H22ClN3O3. The van der Waals surface area contributed by atoms with Crippen LogP contribution in [0.3, 0.4) is 0 Å². The van der Waals surface area contributed by atoms with E-state index in [0.717, 1.165) is 29.8 Å². The SMILES string of the molecule is COCCNCC(=O)Nc1ccc2c(c1)CCCC(=O)N2.Cl. The molecule has 0 aromatic heterocycles. The molecule has 7 heteroatoms. The molecule has 0 bridgehead atoms. The molecule has 0 saturated heterocycles. The maximum absolute atomic E-state index is 11.8. The molecule has 6 nitrogen and oxygen atoms in total. The Morgan fingerprint density at radius 3 is 2.95 bits per heavy atom. The quantitative estimate of drug-likeness (QED) is 0.693. The fourth-order valence-corrected chi connectivity index (χ4v) is 2.23. The maximum Gasteiger partial charge on any atom is 0.238 e. The molecule has 0 fully saturated rings. The molecule has 2 rings (SSSR count). The fraction of sp³-hybridized carbons (Fsp3) is 0.467. The van der Waals surface area contributed by atoms with E-state index in [1.54, 1.807) is 13.2 Å². The minimum atomic E-state index is -0.0938. The summed E-state index contributed by atoms with van der Waals surface area (Å²) < 4.78 is 4.90. The molecule has 0 spiro atoms. The van der Waals surface area contributed by atoms with Crippen molar-refractivity contribution in [2.75, 3.05) is 37.4 Å². The zero-order valence-electron chi connectivity index (χ0n) is 12.6. The van der Waals surface area contributed by atoms with Crippen LogP contribution < -0.4 is 16.0 Å². The first-order valence-corrected chi connectivity index (χ1v) is 7.11. The van der Waals surface area contributed by atoms with Gasteiger partial charge in [-0.05, 0) is 36.6 Å². The number of benzene rings is 1. The molecule has 1 aliphatic rings. The van der Waals surface area contributed by atoms with E-state index >= 15 is 0 Å². The predicted octanol–water partition coefficient (Wildman–Crippen LogP) is 1.56. The number of rotatable bonds is 6. The molecular weight excluding hydrogens is 306 g/mol. The average molecular weight is 328 g/mol. The molecule has 0 unspecified atom stereocenters. The van der Waals surface area contributed by atoms with Crippen LogP contribution in [0.2, 0.25) is 0 Å². The van der Waals surface area contributed by atoms with Gasteiger partial charge in [-0.15, -0.1) is 12.4 Å². The van der Waals surface area contributed by atoms with Gasteiger partial charge in [0, 0.05) is 31.5 Å². The van der Waals surface area contributed by atoms with Crippen LogP contribution in [0.5, 0.6) is 0 Å². The molecule has 0 radical (unpaired) electrons. The largest absolute Gasteiger partial charge is 0.383 e. The monoisotopic (exact) mass is 327 g/mol. The van der Waals surface area contributed by atoms with Crippen molar-refractivity contribution in [1.29, 1.82) is 0 Å². The summed E-state index contributed by atoms with van der Waals surface area (Å²) in [7, 11) is 1.62. The van der Waals surface area contributed by atoms with E-state index < -0.39 is 0 Å². The third-order valence-electron chi connectivity index (χ3n) is 3.28. The van der Waals surface area contributed by atoms with Crippen LogP contribution in [0.4, 0.5) is 11.4 Å². The summed E-state index contributed by atoms with van der Waals surface area (Å²) in [4.78, 5) is 23.3. The van der Waals surface area contributed by atoms with Gasteiger partial charge < -0.3 is 20.7 Å². The number of halogens is 1. The number of ether oxygens (including phenoxy) is 1. The molecule has 3 N–H and O–H groups in total. The first kappa shape index (κ1) is 18.4. The van der Waals surface area contributed by atoms with E-state index in [2.05, 4.69) is 16.0 Å². The Morgan fingerprint density at radius 1 is 1.36 bits per heavy atom. The van der Waals surface area contributed by atoms with Gasteiger partial charge in [0.1, 0.15) is 0 Å². The minimum Gasteiger partial charge on any atom is -0.383 e. The second-order valence-electron chi connectivity index (χ2n) is 4.99. The molecule has 1 aliphatic heterocycles. The number of aryl methyl sites for hydroxylation is 1. The number of amides is 2. The van der Waals surface area contributed by atoms with Gasteiger partial charge >= 0.3 is 0 Å². The molecule has 1 aromatic carbocycles. The highest BCUT2D eigenvalue weighted by atomic mass is 35.5. The Labute approximate surface area is 136 Å². The van der Waals surface area contributed by atoms with Crippen molar-refractivity contribution >= 4 is 35.6 Å². The Hall–Kier alpha value is -1.63. The van der Waals surface area contributed by atoms with Gasteiger partial charge in [0.2, 0.25) is 11.8 Å². The van der Waals surface area contributed by atoms with Crippen molar-refractivity contribution in [2.24, 2.45) is 0 Å². The van der Waals surface area contributed by atoms with E-state index in [1.165, 1.54) is 0 Å². The number of anilines is 2. The van der Waals surface area contributed by atoms with Crippen molar-refractivity contribution in [3.63, 3.8) is 0 Å². The summed E-state index contributed by atoms with van der Waals surface area (Å²) >= 11 is 0. The van der Waals surface area contributed by atoms with Crippen molar-refractivity contribution in [3.8, 4) is 0 Å². The number of hydrogen-bond donors (Lipinski definition) is 3. The average Bonchev–Trinajstić information content (AvgIpc) is 2.64. The third-order valence-corrected chi connectivity index (χ3v) is 3.28. The molecule has 2 amide bonds. The first-order valence-electron chi connectivity index (χ1n) is 7.11. The van der Waals surface area contributed by atoms with Crippen LogP contribution in [-0.2, 0) is 20.7 Å². The highest BCUT2D eigenvalue weighted by Gasteiger charge is 2.13. The summed E-state index contributed by atoms with van der Waals surface area (Å²) in [5.41, 5.74) is 2.66. The number of nitrogens with one attached hydrogen (secondary N) is 3. The lowest BCUT2D eigenvalue weighted by Crippen LogP contribution is -2.30. The van der Waals surface area contributed by atoms with Crippen LogP contribution in [-0.4, -0.2) is 38.6 Å². The lowest BCUT2D eigenvalue weighted by molar-refractivity contribution is -0.116. The second kappa shape index (κ2) is 9.40. The van der Waals surface area contributed by atoms with Gasteiger partial charge in [-0.2, -0.15) is 0 Å². The molecule has 122 valence electrons. The van der Waals surface area contributed by atoms with Crippen molar-refractivity contribution in [2.45, 2.75) is 19.3 Å². The number of fused-ring (bicyclic) bond motifs is 1. The van der Waals surface area contributed by atoms with E-state index in [4.69, 9.17) is 4.74 Å². The van der Waals surface area contributed by atoms with Gasteiger partial charge in [-0.3, -0.25) is 9.59 Å². The summed E-state index contributed by atoms with van der Waals surface area (Å²) in [6, 6.07) is 5.57. The smallest absolute Gasteiger partial charge is 0.238 e. The number of carbonyl (C=O) groups excluding carboxylic acids is 2. The number of hydrogen-bond acceptors (Lipinski definition) is 4. The van der Waals surface area contributed by atoms with E-state index in [9.17, 15) is 9.59 Å². The topological polar surface area (TPSA) is 79.5 Å². The molecule has 1 aromatic rings. The van der Waals surface area contributed by atoms with Gasteiger partial charge in [0.15, 0.2) is 0 Å². The van der Waals surface area contributed by atoms with Gasteiger partial charge in [0.25, 0.3) is 0 Å². The Kier molecular flexibility index (Phi) is 7.87. The number of methoxy groups -OCH3 is 1.